The number of benzene rings is 2. The number of aromatic amines is 1. The highest BCUT2D eigenvalue weighted by molar-refractivity contribution is 7.92. The van der Waals surface area contributed by atoms with Gasteiger partial charge in [-0.3, -0.25) is 4.72 Å². The Kier molecular flexibility index (Phi) is 5.84. The van der Waals surface area contributed by atoms with E-state index in [0.717, 1.165) is 22.2 Å². The van der Waals surface area contributed by atoms with E-state index in [2.05, 4.69) is 15.0 Å². The molecular weight excluding hydrogens is 406 g/mol. The Hall–Kier alpha value is -2.81. The van der Waals surface area contributed by atoms with Gasteiger partial charge in [-0.2, -0.15) is 11.3 Å². The zero-order valence-corrected chi connectivity index (χ0v) is 17.2. The fraction of sp³-hybridized carbons (Fsp3) is 0.143. The Morgan fingerprint density at radius 3 is 2.83 bits per heavy atom. The number of hydrogen-bond donors (Lipinski definition) is 3. The number of ether oxygens (including phenoxy) is 1. The minimum Gasteiger partial charge on any atom is -0.492 e. The van der Waals surface area contributed by atoms with Crippen LogP contribution in [0.5, 0.6) is 5.75 Å². The lowest BCUT2D eigenvalue weighted by atomic mass is 10.2. The van der Waals surface area contributed by atoms with E-state index >= 15 is 0 Å². The molecule has 3 N–H and O–H groups in total. The van der Waals surface area contributed by atoms with Crippen LogP contribution >= 0.6 is 11.3 Å². The fourth-order valence-corrected chi connectivity index (χ4v) is 5.09. The molecule has 4 rings (SSSR count). The van der Waals surface area contributed by atoms with E-state index in [1.54, 1.807) is 22.9 Å². The molecule has 150 valence electrons. The monoisotopic (exact) mass is 427 g/mol. The number of thiophene rings is 1. The van der Waals surface area contributed by atoms with Gasteiger partial charge < -0.3 is 15.0 Å². The van der Waals surface area contributed by atoms with Crippen LogP contribution in [0.3, 0.4) is 0 Å². The van der Waals surface area contributed by atoms with Crippen molar-refractivity contribution in [3.8, 4) is 5.75 Å². The minimum absolute atomic E-state index is 0.278. The van der Waals surface area contributed by atoms with Gasteiger partial charge in [0.1, 0.15) is 12.4 Å². The lowest BCUT2D eigenvalue weighted by molar-refractivity contribution is 0.317. The molecule has 0 unspecified atom stereocenters. The molecule has 4 aromatic rings. The van der Waals surface area contributed by atoms with Crippen LogP contribution in [-0.2, 0) is 16.6 Å². The maximum Gasteiger partial charge on any atom is 0.262 e. The number of anilines is 1. The summed E-state index contributed by atoms with van der Waals surface area (Å²) in [5, 5.41) is 7.75. The Labute approximate surface area is 173 Å². The molecule has 0 spiro atoms. The van der Waals surface area contributed by atoms with Crippen LogP contribution < -0.4 is 14.8 Å². The van der Waals surface area contributed by atoms with E-state index in [9.17, 15) is 8.42 Å². The summed E-state index contributed by atoms with van der Waals surface area (Å²) in [5.41, 5.74) is 2.59. The predicted molar refractivity (Wildman–Crippen MR) is 117 cm³/mol. The topological polar surface area (TPSA) is 83.2 Å². The fourth-order valence-electron chi connectivity index (χ4n) is 3.01. The molecule has 0 bridgehead atoms. The molecule has 8 heteroatoms. The van der Waals surface area contributed by atoms with E-state index in [1.165, 1.54) is 11.3 Å². The van der Waals surface area contributed by atoms with Gasteiger partial charge in [-0.1, -0.05) is 18.2 Å². The van der Waals surface area contributed by atoms with Crippen LogP contribution in [0.2, 0.25) is 0 Å². The van der Waals surface area contributed by atoms with Crippen LogP contribution in [0.25, 0.3) is 10.9 Å². The van der Waals surface area contributed by atoms with Crippen LogP contribution in [0.4, 0.5) is 5.69 Å². The molecule has 2 heterocycles. The second-order valence-electron chi connectivity index (χ2n) is 6.49. The number of aromatic nitrogens is 1. The zero-order valence-electron chi connectivity index (χ0n) is 15.6. The van der Waals surface area contributed by atoms with Crippen molar-refractivity contribution in [2.45, 2.75) is 11.4 Å². The zero-order chi connectivity index (χ0) is 20.1. The third-order valence-corrected chi connectivity index (χ3v) is 6.62. The van der Waals surface area contributed by atoms with Crippen LogP contribution in [0.1, 0.15) is 5.56 Å². The average Bonchev–Trinajstić information content (AvgIpc) is 3.40. The third-order valence-electron chi connectivity index (χ3n) is 4.41. The molecular formula is C21H21N3O3S2. The smallest absolute Gasteiger partial charge is 0.262 e. The van der Waals surface area contributed by atoms with Crippen LogP contribution in [-0.4, -0.2) is 26.6 Å². The van der Waals surface area contributed by atoms with Crippen molar-refractivity contribution in [2.75, 3.05) is 17.9 Å². The SMILES string of the molecule is O=S(=O)(Nc1cccc(CNCCOc2cccc3[nH]ccc23)c1)c1ccsc1. The maximum atomic E-state index is 12.3. The van der Waals surface area contributed by atoms with Gasteiger partial charge in [-0.25, -0.2) is 8.42 Å². The number of hydrogen-bond acceptors (Lipinski definition) is 5. The summed E-state index contributed by atoms with van der Waals surface area (Å²) >= 11 is 1.35. The summed E-state index contributed by atoms with van der Waals surface area (Å²) in [5.74, 6) is 0.857. The van der Waals surface area contributed by atoms with Crippen molar-refractivity contribution in [3.63, 3.8) is 0 Å². The molecule has 0 aliphatic heterocycles. The van der Waals surface area contributed by atoms with Crippen molar-refractivity contribution in [3.05, 3.63) is 77.1 Å². The number of fused-ring (bicyclic) bond motifs is 1. The quantitative estimate of drug-likeness (QED) is 0.350. The number of nitrogens with one attached hydrogen (secondary N) is 3. The molecule has 0 aliphatic carbocycles. The van der Waals surface area contributed by atoms with Gasteiger partial charge in [0, 0.05) is 41.3 Å². The lowest BCUT2D eigenvalue weighted by Crippen LogP contribution is -2.20. The highest BCUT2D eigenvalue weighted by atomic mass is 32.2. The van der Waals surface area contributed by atoms with Crippen molar-refractivity contribution in [2.24, 2.45) is 0 Å². The largest absolute Gasteiger partial charge is 0.492 e. The molecule has 0 saturated carbocycles. The first kappa shape index (κ1) is 19.5. The number of rotatable bonds is 9. The van der Waals surface area contributed by atoms with Crippen LogP contribution in [0.15, 0.2) is 76.4 Å². The minimum atomic E-state index is -3.54. The molecule has 0 atom stereocenters. The number of H-pyrrole nitrogens is 1. The Bertz CT molecular complexity index is 1180. The Balaban J connectivity index is 1.28. The van der Waals surface area contributed by atoms with E-state index in [0.29, 0.717) is 25.4 Å². The summed E-state index contributed by atoms with van der Waals surface area (Å²) < 4.78 is 33.2. The normalized spacial score (nSPS) is 11.6. The van der Waals surface area contributed by atoms with Gasteiger partial charge in [0.25, 0.3) is 10.0 Å². The third kappa shape index (κ3) is 4.79. The summed E-state index contributed by atoms with van der Waals surface area (Å²) in [4.78, 5) is 3.45. The second-order valence-corrected chi connectivity index (χ2v) is 8.95. The van der Waals surface area contributed by atoms with Gasteiger partial charge in [0.2, 0.25) is 0 Å². The maximum absolute atomic E-state index is 12.3. The molecule has 0 saturated heterocycles. The molecule has 2 aromatic heterocycles. The first-order valence-corrected chi connectivity index (χ1v) is 11.6. The number of sulfonamides is 1. The summed E-state index contributed by atoms with van der Waals surface area (Å²) in [6, 6.07) is 16.9. The molecule has 0 radical (unpaired) electrons. The first-order chi connectivity index (χ1) is 14.1. The molecule has 0 fully saturated rings. The van der Waals surface area contributed by atoms with E-state index in [4.69, 9.17) is 4.74 Å². The summed E-state index contributed by atoms with van der Waals surface area (Å²) in [7, 11) is -3.54. The average molecular weight is 428 g/mol. The van der Waals surface area contributed by atoms with Crippen molar-refractivity contribution < 1.29 is 13.2 Å². The molecule has 29 heavy (non-hydrogen) atoms. The predicted octanol–water partition coefficient (Wildman–Crippen LogP) is 4.20. The molecule has 0 aliphatic rings. The van der Waals surface area contributed by atoms with Crippen molar-refractivity contribution in [1.82, 2.24) is 10.3 Å². The molecule has 6 nitrogen and oxygen atoms in total. The molecule has 0 amide bonds. The van der Waals surface area contributed by atoms with E-state index < -0.39 is 10.0 Å². The van der Waals surface area contributed by atoms with Gasteiger partial charge >= 0.3 is 0 Å². The van der Waals surface area contributed by atoms with Crippen molar-refractivity contribution >= 4 is 38.0 Å². The van der Waals surface area contributed by atoms with Gasteiger partial charge in [0.15, 0.2) is 0 Å². The van der Waals surface area contributed by atoms with E-state index in [1.807, 2.05) is 48.7 Å². The molecule has 2 aromatic carbocycles. The first-order valence-electron chi connectivity index (χ1n) is 9.15. The Morgan fingerprint density at radius 2 is 1.97 bits per heavy atom. The van der Waals surface area contributed by atoms with Gasteiger partial charge in [0.05, 0.1) is 4.90 Å². The Morgan fingerprint density at radius 1 is 1.07 bits per heavy atom. The second kappa shape index (κ2) is 8.69. The standard InChI is InChI=1S/C21H21N3O3S2/c25-29(26,18-8-12-28-15-18)24-17-4-1-3-16(13-17)14-22-10-11-27-21-6-2-5-20-19(21)7-9-23-20/h1-9,12-13,15,22-24H,10-11,14H2. The summed E-state index contributed by atoms with van der Waals surface area (Å²) in [6.45, 7) is 1.83. The van der Waals surface area contributed by atoms with Gasteiger partial charge in [-0.05, 0) is 47.3 Å². The van der Waals surface area contributed by atoms with Gasteiger partial charge in [-0.15, -0.1) is 0 Å². The van der Waals surface area contributed by atoms with Crippen molar-refractivity contribution in [1.29, 1.82) is 0 Å². The highest BCUT2D eigenvalue weighted by Crippen LogP contribution is 2.24. The van der Waals surface area contributed by atoms with E-state index in [-0.39, 0.29) is 4.90 Å². The lowest BCUT2D eigenvalue weighted by Gasteiger charge is -2.10. The highest BCUT2D eigenvalue weighted by Gasteiger charge is 2.14. The summed E-state index contributed by atoms with van der Waals surface area (Å²) in [6.07, 6.45) is 1.90. The van der Waals surface area contributed by atoms with Crippen LogP contribution in [0, 0.1) is 0 Å².